The van der Waals surface area contributed by atoms with Crippen molar-refractivity contribution >= 4 is 5.69 Å². The quantitative estimate of drug-likeness (QED) is 0.808. The van der Waals surface area contributed by atoms with Crippen LogP contribution in [0.4, 0.5) is 10.1 Å². The first-order chi connectivity index (χ1) is 7.20. The van der Waals surface area contributed by atoms with Gasteiger partial charge in [-0.25, -0.2) is 4.39 Å². The molecule has 0 bridgehead atoms. The van der Waals surface area contributed by atoms with Crippen molar-refractivity contribution in [3.63, 3.8) is 0 Å². The molecule has 1 heterocycles. The van der Waals surface area contributed by atoms with Crippen LogP contribution in [-0.2, 0) is 0 Å². The van der Waals surface area contributed by atoms with Crippen LogP contribution in [0.5, 0.6) is 0 Å². The highest BCUT2D eigenvalue weighted by Gasteiger charge is 2.20. The highest BCUT2D eigenvalue weighted by atomic mass is 19.1. The molecule has 82 valence electrons. The Morgan fingerprint density at radius 2 is 2.00 bits per heavy atom. The average molecular weight is 209 g/mol. The summed E-state index contributed by atoms with van der Waals surface area (Å²) in [6, 6.07) is 4.90. The summed E-state index contributed by atoms with van der Waals surface area (Å²) in [5.41, 5.74) is 1.28. The molecule has 0 aliphatic carbocycles. The fourth-order valence-electron chi connectivity index (χ4n) is 2.14. The van der Waals surface area contributed by atoms with Crippen LogP contribution in [0.3, 0.4) is 0 Å². The second-order valence-electron chi connectivity index (χ2n) is 4.05. The van der Waals surface area contributed by atoms with Crippen molar-refractivity contribution in [2.75, 3.05) is 18.0 Å². The Balaban J connectivity index is 2.41. The van der Waals surface area contributed by atoms with E-state index < -0.39 is 6.10 Å². The number of halogens is 1. The molecule has 1 atom stereocenters. The zero-order chi connectivity index (χ0) is 10.8. The smallest absolute Gasteiger partial charge is 0.146 e. The van der Waals surface area contributed by atoms with E-state index in [1.165, 1.54) is 6.07 Å². The maximum atomic E-state index is 13.7. The number of aliphatic hydroxyl groups excluding tert-OH is 1. The topological polar surface area (TPSA) is 23.5 Å². The summed E-state index contributed by atoms with van der Waals surface area (Å²) in [6.45, 7) is 3.45. The van der Waals surface area contributed by atoms with Crippen LogP contribution in [0.1, 0.15) is 31.4 Å². The third kappa shape index (κ3) is 1.97. The van der Waals surface area contributed by atoms with E-state index in [4.69, 9.17) is 0 Å². The van der Waals surface area contributed by atoms with E-state index in [1.807, 2.05) is 4.90 Å². The lowest BCUT2D eigenvalue weighted by atomic mass is 10.1. The number of aliphatic hydroxyl groups is 1. The molecule has 0 unspecified atom stereocenters. The third-order valence-corrected chi connectivity index (χ3v) is 2.89. The lowest BCUT2D eigenvalue weighted by molar-refractivity contribution is 0.199. The van der Waals surface area contributed by atoms with Gasteiger partial charge in [0.2, 0.25) is 0 Å². The van der Waals surface area contributed by atoms with Crippen LogP contribution >= 0.6 is 0 Å². The highest BCUT2D eigenvalue weighted by Crippen LogP contribution is 2.31. The van der Waals surface area contributed by atoms with Crippen LogP contribution in [0.2, 0.25) is 0 Å². The van der Waals surface area contributed by atoms with Crippen molar-refractivity contribution in [2.45, 2.75) is 25.9 Å². The molecule has 1 aliphatic rings. The number of benzene rings is 1. The first kappa shape index (κ1) is 10.4. The number of rotatable bonds is 2. The zero-order valence-corrected chi connectivity index (χ0v) is 8.91. The van der Waals surface area contributed by atoms with E-state index in [-0.39, 0.29) is 5.82 Å². The molecule has 0 radical (unpaired) electrons. The van der Waals surface area contributed by atoms with E-state index >= 15 is 0 Å². The molecule has 1 fully saturated rings. The summed E-state index contributed by atoms with van der Waals surface area (Å²) in [5, 5.41) is 9.60. The molecular formula is C12H16FNO. The van der Waals surface area contributed by atoms with E-state index in [0.717, 1.165) is 25.9 Å². The van der Waals surface area contributed by atoms with Gasteiger partial charge < -0.3 is 10.0 Å². The number of para-hydroxylation sites is 1. The van der Waals surface area contributed by atoms with Crippen LogP contribution < -0.4 is 4.90 Å². The molecule has 2 nitrogen and oxygen atoms in total. The minimum Gasteiger partial charge on any atom is -0.389 e. The summed E-state index contributed by atoms with van der Waals surface area (Å²) >= 11 is 0. The number of hydrogen-bond donors (Lipinski definition) is 1. The van der Waals surface area contributed by atoms with Crippen LogP contribution in [-0.4, -0.2) is 18.2 Å². The molecule has 1 saturated heterocycles. The van der Waals surface area contributed by atoms with Crippen molar-refractivity contribution < 1.29 is 9.50 Å². The van der Waals surface area contributed by atoms with Gasteiger partial charge in [0.25, 0.3) is 0 Å². The normalized spacial score (nSPS) is 18.2. The van der Waals surface area contributed by atoms with Gasteiger partial charge in [0.05, 0.1) is 11.8 Å². The summed E-state index contributed by atoms with van der Waals surface area (Å²) in [7, 11) is 0. The Bertz CT molecular complexity index is 345. The molecule has 1 aromatic carbocycles. The average Bonchev–Trinajstić information content (AvgIpc) is 2.70. The summed E-state index contributed by atoms with van der Waals surface area (Å²) in [4.78, 5) is 2.03. The van der Waals surface area contributed by atoms with Crippen LogP contribution in [0.25, 0.3) is 0 Å². The van der Waals surface area contributed by atoms with Crippen LogP contribution in [0.15, 0.2) is 18.2 Å². The fourth-order valence-corrected chi connectivity index (χ4v) is 2.14. The number of nitrogens with zero attached hydrogens (tertiary/aromatic N) is 1. The standard InChI is InChI=1S/C12H16FNO/c1-9(15)10-5-4-6-11(13)12(10)14-7-2-3-8-14/h4-6,9,15H,2-3,7-8H2,1H3/t9-/m0/s1. The molecule has 2 rings (SSSR count). The fraction of sp³-hybridized carbons (Fsp3) is 0.500. The van der Waals surface area contributed by atoms with Gasteiger partial charge in [0.1, 0.15) is 5.82 Å². The summed E-state index contributed by atoms with van der Waals surface area (Å²) in [6.07, 6.45) is 1.59. The Hall–Kier alpha value is -1.09. The first-order valence-electron chi connectivity index (χ1n) is 5.41. The predicted molar refractivity (Wildman–Crippen MR) is 58.5 cm³/mol. The molecule has 0 saturated carbocycles. The molecule has 15 heavy (non-hydrogen) atoms. The minimum atomic E-state index is -0.615. The van der Waals surface area contributed by atoms with Gasteiger partial charge in [-0.3, -0.25) is 0 Å². The van der Waals surface area contributed by atoms with Gasteiger partial charge in [-0.05, 0) is 25.8 Å². The summed E-state index contributed by atoms with van der Waals surface area (Å²) in [5.74, 6) is -0.227. The molecule has 0 amide bonds. The summed E-state index contributed by atoms with van der Waals surface area (Å²) < 4.78 is 13.7. The molecule has 1 aromatic rings. The molecule has 1 N–H and O–H groups in total. The van der Waals surface area contributed by atoms with Crippen LogP contribution in [0, 0.1) is 5.82 Å². The van der Waals surface area contributed by atoms with Gasteiger partial charge in [-0.1, -0.05) is 12.1 Å². The molecule has 0 spiro atoms. The van der Waals surface area contributed by atoms with Crippen molar-refractivity contribution in [3.05, 3.63) is 29.6 Å². The Morgan fingerprint density at radius 1 is 1.33 bits per heavy atom. The van der Waals surface area contributed by atoms with Gasteiger partial charge in [0, 0.05) is 18.7 Å². The van der Waals surface area contributed by atoms with Crippen molar-refractivity contribution in [1.29, 1.82) is 0 Å². The zero-order valence-electron chi connectivity index (χ0n) is 8.91. The van der Waals surface area contributed by atoms with Gasteiger partial charge in [-0.2, -0.15) is 0 Å². The Morgan fingerprint density at radius 3 is 2.60 bits per heavy atom. The second kappa shape index (κ2) is 4.19. The number of anilines is 1. The second-order valence-corrected chi connectivity index (χ2v) is 4.05. The van der Waals surface area contributed by atoms with E-state index in [1.54, 1.807) is 19.1 Å². The van der Waals surface area contributed by atoms with Crippen molar-refractivity contribution in [2.24, 2.45) is 0 Å². The van der Waals surface area contributed by atoms with E-state index in [0.29, 0.717) is 11.3 Å². The van der Waals surface area contributed by atoms with E-state index in [9.17, 15) is 9.50 Å². The van der Waals surface area contributed by atoms with Gasteiger partial charge in [-0.15, -0.1) is 0 Å². The minimum absolute atomic E-state index is 0.227. The highest BCUT2D eigenvalue weighted by molar-refractivity contribution is 5.56. The van der Waals surface area contributed by atoms with Crippen molar-refractivity contribution in [3.8, 4) is 0 Å². The van der Waals surface area contributed by atoms with Crippen molar-refractivity contribution in [1.82, 2.24) is 0 Å². The maximum absolute atomic E-state index is 13.7. The maximum Gasteiger partial charge on any atom is 0.146 e. The monoisotopic (exact) mass is 209 g/mol. The Kier molecular flexibility index (Phi) is 2.91. The lowest BCUT2D eigenvalue weighted by Gasteiger charge is -2.23. The van der Waals surface area contributed by atoms with Gasteiger partial charge >= 0.3 is 0 Å². The first-order valence-corrected chi connectivity index (χ1v) is 5.41. The largest absolute Gasteiger partial charge is 0.389 e. The SMILES string of the molecule is C[C@H](O)c1cccc(F)c1N1CCCC1. The Labute approximate surface area is 89.3 Å². The molecular weight excluding hydrogens is 193 g/mol. The molecule has 1 aliphatic heterocycles. The third-order valence-electron chi connectivity index (χ3n) is 2.89. The molecule has 3 heteroatoms. The predicted octanol–water partition coefficient (Wildman–Crippen LogP) is 2.48. The molecule has 0 aromatic heterocycles. The van der Waals surface area contributed by atoms with Gasteiger partial charge in [0.15, 0.2) is 0 Å². The lowest BCUT2D eigenvalue weighted by Crippen LogP contribution is -2.21. The van der Waals surface area contributed by atoms with E-state index in [2.05, 4.69) is 0 Å². The number of hydrogen-bond acceptors (Lipinski definition) is 2.